The summed E-state index contributed by atoms with van der Waals surface area (Å²) >= 11 is 0. The van der Waals surface area contributed by atoms with Crippen molar-refractivity contribution in [3.63, 3.8) is 0 Å². The van der Waals surface area contributed by atoms with E-state index < -0.39 is 11.7 Å². The van der Waals surface area contributed by atoms with E-state index in [1.54, 1.807) is 24.3 Å². The lowest BCUT2D eigenvalue weighted by molar-refractivity contribution is -0.0199. The zero-order valence-electron chi connectivity index (χ0n) is 17.5. The Morgan fingerprint density at radius 3 is 2.38 bits per heavy atom. The number of piperidine rings is 2. The van der Waals surface area contributed by atoms with E-state index in [9.17, 15) is 9.90 Å². The van der Waals surface area contributed by atoms with Gasteiger partial charge in [-0.3, -0.25) is 4.90 Å². The highest BCUT2D eigenvalue weighted by molar-refractivity contribution is 5.68. The predicted molar refractivity (Wildman–Crippen MR) is 109 cm³/mol. The SMILES string of the molecule is CC(C)(C)OC(=O)N1CC2CC(CN(C[C@@H](O)COc3ccc(C#N)cc3)C2)C1. The predicted octanol–water partition coefficient (Wildman–Crippen LogP) is 2.49. The molecule has 0 radical (unpaired) electrons. The average Bonchev–Trinajstić information content (AvgIpc) is 2.64. The summed E-state index contributed by atoms with van der Waals surface area (Å²) in [7, 11) is 0. The minimum absolute atomic E-state index is 0.210. The van der Waals surface area contributed by atoms with E-state index in [0.717, 1.165) is 19.5 Å². The van der Waals surface area contributed by atoms with Crippen molar-refractivity contribution in [1.29, 1.82) is 5.26 Å². The first-order valence-corrected chi connectivity index (χ1v) is 10.2. The number of aliphatic hydroxyl groups is 1. The van der Waals surface area contributed by atoms with Crippen molar-refractivity contribution >= 4 is 6.09 Å². The van der Waals surface area contributed by atoms with Gasteiger partial charge >= 0.3 is 6.09 Å². The number of hydrogen-bond acceptors (Lipinski definition) is 6. The summed E-state index contributed by atoms with van der Waals surface area (Å²) in [6.07, 6.45) is 0.302. The molecular weight excluding hydrogens is 370 g/mol. The second-order valence-electron chi connectivity index (χ2n) is 9.17. The zero-order valence-corrected chi connectivity index (χ0v) is 17.5. The number of hydrogen-bond donors (Lipinski definition) is 1. The minimum Gasteiger partial charge on any atom is -0.491 e. The van der Waals surface area contributed by atoms with Crippen LogP contribution in [-0.4, -0.2) is 72.0 Å². The van der Waals surface area contributed by atoms with Crippen LogP contribution in [0.2, 0.25) is 0 Å². The van der Waals surface area contributed by atoms with Crippen LogP contribution in [0.15, 0.2) is 24.3 Å². The second kappa shape index (κ2) is 9.02. The molecular formula is C22H31N3O4. The quantitative estimate of drug-likeness (QED) is 0.816. The fourth-order valence-corrected chi connectivity index (χ4v) is 4.18. The summed E-state index contributed by atoms with van der Waals surface area (Å²) in [6.45, 7) is 9.57. The highest BCUT2D eigenvalue weighted by Crippen LogP contribution is 2.29. The molecule has 2 heterocycles. The van der Waals surface area contributed by atoms with Crippen molar-refractivity contribution < 1.29 is 19.4 Å². The molecule has 2 unspecified atom stereocenters. The molecule has 1 N–H and O–H groups in total. The molecule has 2 fully saturated rings. The number of nitriles is 1. The van der Waals surface area contributed by atoms with Gasteiger partial charge in [0, 0.05) is 32.7 Å². The maximum atomic E-state index is 12.4. The van der Waals surface area contributed by atoms with Crippen LogP contribution in [0, 0.1) is 23.2 Å². The van der Waals surface area contributed by atoms with E-state index in [1.807, 2.05) is 25.7 Å². The van der Waals surface area contributed by atoms with Gasteiger partial charge in [0.05, 0.1) is 11.6 Å². The molecule has 1 aromatic rings. The van der Waals surface area contributed by atoms with Crippen LogP contribution >= 0.6 is 0 Å². The first kappa shape index (κ1) is 21.4. The van der Waals surface area contributed by atoms with E-state index in [2.05, 4.69) is 11.0 Å². The van der Waals surface area contributed by atoms with Crippen molar-refractivity contribution in [3.05, 3.63) is 29.8 Å². The number of carbonyl (C=O) groups excluding carboxylic acids is 1. The fourth-order valence-electron chi connectivity index (χ4n) is 4.18. The monoisotopic (exact) mass is 401 g/mol. The molecule has 2 bridgehead atoms. The van der Waals surface area contributed by atoms with E-state index >= 15 is 0 Å². The lowest BCUT2D eigenvalue weighted by Crippen LogP contribution is -2.56. The number of likely N-dealkylation sites (tertiary alicyclic amines) is 2. The Morgan fingerprint density at radius 1 is 1.21 bits per heavy atom. The summed E-state index contributed by atoms with van der Waals surface area (Å²) in [5.74, 6) is 1.45. The maximum Gasteiger partial charge on any atom is 0.410 e. The van der Waals surface area contributed by atoms with Gasteiger partial charge in [0.15, 0.2) is 0 Å². The standard InChI is InChI=1S/C22H31N3O4/c1-22(2,3)29-21(27)25-12-17-8-18(13-25)11-24(10-17)14-19(26)15-28-20-6-4-16(9-23)5-7-20/h4-7,17-19,26H,8,10-15H2,1-3H3/t17?,18?,19-/m1/s1. The molecule has 158 valence electrons. The first-order valence-electron chi connectivity index (χ1n) is 10.2. The molecule has 2 saturated heterocycles. The summed E-state index contributed by atoms with van der Waals surface area (Å²) in [6, 6.07) is 8.94. The molecule has 1 aromatic carbocycles. The Hall–Kier alpha value is -2.30. The molecule has 2 aliphatic heterocycles. The lowest BCUT2D eigenvalue weighted by atomic mass is 9.84. The van der Waals surface area contributed by atoms with Crippen LogP contribution in [0.3, 0.4) is 0 Å². The third kappa shape index (κ3) is 6.34. The molecule has 2 aliphatic rings. The number of ether oxygens (including phenoxy) is 2. The van der Waals surface area contributed by atoms with Crippen LogP contribution in [0.1, 0.15) is 32.8 Å². The summed E-state index contributed by atoms with van der Waals surface area (Å²) in [5.41, 5.74) is 0.104. The zero-order chi connectivity index (χ0) is 21.0. The molecule has 0 aromatic heterocycles. The number of amides is 1. The average molecular weight is 402 g/mol. The van der Waals surface area contributed by atoms with Crippen LogP contribution in [0.5, 0.6) is 5.75 Å². The van der Waals surface area contributed by atoms with Gasteiger partial charge in [-0.1, -0.05) is 0 Å². The number of aliphatic hydroxyl groups excluding tert-OH is 1. The molecule has 0 aliphatic carbocycles. The number of β-amino-alcohol motifs (C(OH)–C–C–N with tert-alkyl or cyclic N) is 1. The van der Waals surface area contributed by atoms with Crippen molar-refractivity contribution in [2.45, 2.75) is 38.9 Å². The summed E-state index contributed by atoms with van der Waals surface area (Å²) in [4.78, 5) is 16.5. The van der Waals surface area contributed by atoms with Gasteiger partial charge in [-0.05, 0) is 63.3 Å². The Morgan fingerprint density at radius 2 is 1.83 bits per heavy atom. The molecule has 7 heteroatoms. The number of rotatable bonds is 5. The van der Waals surface area contributed by atoms with E-state index in [-0.39, 0.29) is 12.7 Å². The molecule has 7 nitrogen and oxygen atoms in total. The summed E-state index contributed by atoms with van der Waals surface area (Å²) < 4.78 is 11.2. The normalized spacial score (nSPS) is 23.2. The Balaban J connectivity index is 1.44. The number of nitrogens with zero attached hydrogens (tertiary/aromatic N) is 3. The highest BCUT2D eigenvalue weighted by Gasteiger charge is 2.37. The minimum atomic E-state index is -0.591. The van der Waals surface area contributed by atoms with Crippen molar-refractivity contribution in [3.8, 4) is 11.8 Å². The van der Waals surface area contributed by atoms with Gasteiger partial charge in [-0.15, -0.1) is 0 Å². The Bertz CT molecular complexity index is 724. The molecule has 3 rings (SSSR count). The van der Waals surface area contributed by atoms with Gasteiger partial charge in [-0.2, -0.15) is 5.26 Å². The van der Waals surface area contributed by atoms with Crippen molar-refractivity contribution in [1.82, 2.24) is 9.80 Å². The maximum absolute atomic E-state index is 12.4. The van der Waals surface area contributed by atoms with Crippen molar-refractivity contribution in [2.24, 2.45) is 11.8 Å². The first-order chi connectivity index (χ1) is 13.7. The van der Waals surface area contributed by atoms with E-state index in [1.165, 1.54) is 0 Å². The van der Waals surface area contributed by atoms with Crippen LogP contribution in [-0.2, 0) is 4.74 Å². The van der Waals surface area contributed by atoms with Crippen LogP contribution in [0.25, 0.3) is 0 Å². The second-order valence-corrected chi connectivity index (χ2v) is 9.17. The molecule has 3 atom stereocenters. The van der Waals surface area contributed by atoms with Gasteiger partial charge in [0.2, 0.25) is 0 Å². The summed E-state index contributed by atoms with van der Waals surface area (Å²) in [5, 5.41) is 19.2. The molecule has 0 spiro atoms. The van der Waals surface area contributed by atoms with E-state index in [0.29, 0.717) is 42.8 Å². The van der Waals surface area contributed by atoms with Crippen molar-refractivity contribution in [2.75, 3.05) is 39.3 Å². The van der Waals surface area contributed by atoms with Gasteiger partial charge < -0.3 is 19.5 Å². The van der Waals surface area contributed by atoms with Gasteiger partial charge in [0.1, 0.15) is 24.1 Å². The van der Waals surface area contributed by atoms with Gasteiger partial charge in [0.25, 0.3) is 0 Å². The molecule has 1 amide bonds. The Kier molecular flexibility index (Phi) is 6.66. The number of fused-ring (bicyclic) bond motifs is 2. The van der Waals surface area contributed by atoms with Crippen LogP contribution in [0.4, 0.5) is 4.79 Å². The van der Waals surface area contributed by atoms with E-state index in [4.69, 9.17) is 14.7 Å². The van der Waals surface area contributed by atoms with Crippen LogP contribution < -0.4 is 4.74 Å². The largest absolute Gasteiger partial charge is 0.491 e. The highest BCUT2D eigenvalue weighted by atomic mass is 16.6. The Labute approximate surface area is 172 Å². The van der Waals surface area contributed by atoms with Gasteiger partial charge in [-0.25, -0.2) is 4.79 Å². The molecule has 0 saturated carbocycles. The number of carbonyl (C=O) groups is 1. The molecule has 29 heavy (non-hydrogen) atoms. The number of benzene rings is 1. The third-order valence-corrected chi connectivity index (χ3v) is 5.20. The smallest absolute Gasteiger partial charge is 0.410 e. The fraction of sp³-hybridized carbons (Fsp3) is 0.636. The lowest BCUT2D eigenvalue weighted by Gasteiger charge is -2.46. The topological polar surface area (TPSA) is 86.0 Å². The third-order valence-electron chi connectivity index (χ3n) is 5.20.